The highest BCUT2D eigenvalue weighted by Gasteiger charge is 2.16. The van der Waals surface area contributed by atoms with Crippen molar-refractivity contribution >= 4 is 5.96 Å². The Balaban J connectivity index is 1.67. The normalized spacial score (nSPS) is 22.5. The van der Waals surface area contributed by atoms with Gasteiger partial charge in [0.25, 0.3) is 0 Å². The number of piperidine rings is 1. The molecule has 2 heterocycles. The number of rotatable bonds is 5. The molecule has 0 aliphatic carbocycles. The summed E-state index contributed by atoms with van der Waals surface area (Å²) in [6.07, 6.45) is 6.57. The molecule has 0 aromatic heterocycles. The highest BCUT2D eigenvalue weighted by molar-refractivity contribution is 5.80. The lowest BCUT2D eigenvalue weighted by molar-refractivity contribution is 0.191. The van der Waals surface area contributed by atoms with Crippen molar-refractivity contribution in [3.8, 4) is 0 Å². The first kappa shape index (κ1) is 15.6. The summed E-state index contributed by atoms with van der Waals surface area (Å²) < 4.78 is 0. The van der Waals surface area contributed by atoms with Gasteiger partial charge in [-0.25, -0.2) is 0 Å². The highest BCUT2D eigenvalue weighted by Crippen LogP contribution is 2.15. The third kappa shape index (κ3) is 4.97. The van der Waals surface area contributed by atoms with Gasteiger partial charge < -0.3 is 15.1 Å². The van der Waals surface area contributed by atoms with Crippen molar-refractivity contribution in [2.24, 2.45) is 10.9 Å². The van der Waals surface area contributed by atoms with Crippen LogP contribution < -0.4 is 5.32 Å². The van der Waals surface area contributed by atoms with E-state index in [1.54, 1.807) is 0 Å². The maximum atomic E-state index is 4.80. The zero-order chi connectivity index (χ0) is 14.2. The lowest BCUT2D eigenvalue weighted by Gasteiger charge is -2.30. The number of hydrogen-bond acceptors (Lipinski definition) is 2. The van der Waals surface area contributed by atoms with E-state index >= 15 is 0 Å². The summed E-state index contributed by atoms with van der Waals surface area (Å²) in [7, 11) is 0. The maximum Gasteiger partial charge on any atom is 0.193 e. The minimum Gasteiger partial charge on any atom is -0.357 e. The molecule has 20 heavy (non-hydrogen) atoms. The van der Waals surface area contributed by atoms with Crippen LogP contribution >= 0.6 is 0 Å². The second-order valence-electron chi connectivity index (χ2n) is 6.31. The van der Waals surface area contributed by atoms with Gasteiger partial charge in [-0.05, 0) is 64.6 Å². The van der Waals surface area contributed by atoms with Crippen molar-refractivity contribution in [3.63, 3.8) is 0 Å². The van der Waals surface area contributed by atoms with E-state index in [1.807, 2.05) is 0 Å². The molecule has 116 valence electrons. The zero-order valence-electron chi connectivity index (χ0n) is 13.4. The minimum absolute atomic E-state index is 0.930. The Labute approximate surface area is 124 Å². The Morgan fingerprint density at radius 3 is 2.50 bits per heavy atom. The number of likely N-dealkylation sites (tertiary alicyclic amines) is 2. The SMILES string of the molecule is CCNC(=NCCCN1CCC(C)CC1)N1CCCC1. The van der Waals surface area contributed by atoms with E-state index in [2.05, 4.69) is 29.0 Å². The molecule has 2 fully saturated rings. The van der Waals surface area contributed by atoms with Crippen LogP contribution in [0.25, 0.3) is 0 Å². The predicted molar refractivity (Wildman–Crippen MR) is 86.2 cm³/mol. The number of hydrogen-bond donors (Lipinski definition) is 1. The number of aliphatic imine (C=N–C) groups is 1. The fourth-order valence-corrected chi connectivity index (χ4v) is 3.12. The van der Waals surface area contributed by atoms with Gasteiger partial charge in [0.2, 0.25) is 0 Å². The molecule has 0 bridgehead atoms. The Morgan fingerprint density at radius 1 is 1.15 bits per heavy atom. The fraction of sp³-hybridized carbons (Fsp3) is 0.938. The molecule has 4 heteroatoms. The van der Waals surface area contributed by atoms with Crippen molar-refractivity contribution in [2.75, 3.05) is 45.8 Å². The molecule has 0 atom stereocenters. The van der Waals surface area contributed by atoms with Crippen LogP contribution in [-0.4, -0.2) is 61.6 Å². The van der Waals surface area contributed by atoms with Crippen molar-refractivity contribution in [2.45, 2.75) is 46.0 Å². The monoisotopic (exact) mass is 280 g/mol. The van der Waals surface area contributed by atoms with Gasteiger partial charge >= 0.3 is 0 Å². The largest absolute Gasteiger partial charge is 0.357 e. The van der Waals surface area contributed by atoms with Gasteiger partial charge in [-0.3, -0.25) is 4.99 Å². The number of nitrogens with one attached hydrogen (secondary N) is 1. The molecule has 0 spiro atoms. The zero-order valence-corrected chi connectivity index (χ0v) is 13.4. The molecule has 2 saturated heterocycles. The first-order valence-electron chi connectivity index (χ1n) is 8.55. The van der Waals surface area contributed by atoms with E-state index in [0.717, 1.165) is 25.0 Å². The second-order valence-corrected chi connectivity index (χ2v) is 6.31. The van der Waals surface area contributed by atoms with Crippen LogP contribution in [0.3, 0.4) is 0 Å². The van der Waals surface area contributed by atoms with Gasteiger partial charge in [-0.2, -0.15) is 0 Å². The van der Waals surface area contributed by atoms with Crippen LogP contribution in [-0.2, 0) is 0 Å². The molecule has 2 rings (SSSR count). The lowest BCUT2D eigenvalue weighted by Crippen LogP contribution is -2.39. The van der Waals surface area contributed by atoms with Gasteiger partial charge in [0, 0.05) is 26.2 Å². The fourth-order valence-electron chi connectivity index (χ4n) is 3.12. The van der Waals surface area contributed by atoms with Crippen molar-refractivity contribution in [3.05, 3.63) is 0 Å². The molecular weight excluding hydrogens is 248 g/mol. The average Bonchev–Trinajstić information content (AvgIpc) is 2.98. The molecule has 0 aromatic carbocycles. The summed E-state index contributed by atoms with van der Waals surface area (Å²) in [5, 5.41) is 3.43. The Kier molecular flexibility index (Phi) is 6.64. The standard InChI is InChI=1S/C16H32N4/c1-3-17-16(20-11-4-5-12-20)18-9-6-10-19-13-7-15(2)8-14-19/h15H,3-14H2,1-2H3,(H,17,18). The van der Waals surface area contributed by atoms with E-state index < -0.39 is 0 Å². The predicted octanol–water partition coefficient (Wildman–Crippen LogP) is 2.17. The van der Waals surface area contributed by atoms with E-state index in [-0.39, 0.29) is 0 Å². The number of nitrogens with zero attached hydrogens (tertiary/aromatic N) is 3. The Bertz CT molecular complexity index is 289. The van der Waals surface area contributed by atoms with Crippen LogP contribution in [0.1, 0.15) is 46.0 Å². The molecule has 0 unspecified atom stereocenters. The van der Waals surface area contributed by atoms with Gasteiger partial charge in [0.1, 0.15) is 0 Å². The summed E-state index contributed by atoms with van der Waals surface area (Å²) in [5.41, 5.74) is 0. The van der Waals surface area contributed by atoms with E-state index in [4.69, 9.17) is 4.99 Å². The molecule has 0 saturated carbocycles. The topological polar surface area (TPSA) is 30.9 Å². The summed E-state index contributed by atoms with van der Waals surface area (Å²) in [5.74, 6) is 2.07. The molecule has 2 aliphatic heterocycles. The third-order valence-corrected chi connectivity index (χ3v) is 4.51. The molecule has 1 N–H and O–H groups in total. The molecule has 0 aromatic rings. The van der Waals surface area contributed by atoms with Gasteiger partial charge in [0.15, 0.2) is 5.96 Å². The molecule has 2 aliphatic rings. The quantitative estimate of drug-likeness (QED) is 0.476. The van der Waals surface area contributed by atoms with Crippen LogP contribution in [0.15, 0.2) is 4.99 Å². The summed E-state index contributed by atoms with van der Waals surface area (Å²) in [6, 6.07) is 0. The first-order valence-corrected chi connectivity index (χ1v) is 8.55. The second kappa shape index (κ2) is 8.50. The summed E-state index contributed by atoms with van der Waals surface area (Å²) in [6.45, 7) is 12.6. The molecule has 0 amide bonds. The third-order valence-electron chi connectivity index (χ3n) is 4.51. The summed E-state index contributed by atoms with van der Waals surface area (Å²) >= 11 is 0. The first-order chi connectivity index (χ1) is 9.79. The highest BCUT2D eigenvalue weighted by atomic mass is 15.3. The van der Waals surface area contributed by atoms with Crippen molar-refractivity contribution in [1.82, 2.24) is 15.1 Å². The molecule has 0 radical (unpaired) electrons. The van der Waals surface area contributed by atoms with Gasteiger partial charge in [-0.1, -0.05) is 6.92 Å². The van der Waals surface area contributed by atoms with Crippen LogP contribution in [0.2, 0.25) is 0 Å². The van der Waals surface area contributed by atoms with E-state index in [1.165, 1.54) is 64.8 Å². The average molecular weight is 280 g/mol. The lowest BCUT2D eigenvalue weighted by atomic mass is 9.99. The van der Waals surface area contributed by atoms with Crippen molar-refractivity contribution < 1.29 is 0 Å². The number of guanidine groups is 1. The smallest absolute Gasteiger partial charge is 0.193 e. The van der Waals surface area contributed by atoms with Crippen molar-refractivity contribution in [1.29, 1.82) is 0 Å². The Hall–Kier alpha value is -0.770. The Morgan fingerprint density at radius 2 is 1.85 bits per heavy atom. The molecule has 4 nitrogen and oxygen atoms in total. The minimum atomic E-state index is 0.930. The van der Waals surface area contributed by atoms with Crippen LogP contribution in [0.5, 0.6) is 0 Å². The molecular formula is C16H32N4. The van der Waals surface area contributed by atoms with E-state index in [0.29, 0.717) is 0 Å². The van der Waals surface area contributed by atoms with Gasteiger partial charge in [0.05, 0.1) is 0 Å². The summed E-state index contributed by atoms with van der Waals surface area (Å²) in [4.78, 5) is 9.82. The van der Waals surface area contributed by atoms with Gasteiger partial charge in [-0.15, -0.1) is 0 Å². The van der Waals surface area contributed by atoms with Crippen LogP contribution in [0, 0.1) is 5.92 Å². The maximum absolute atomic E-state index is 4.80. The van der Waals surface area contributed by atoms with Crippen LogP contribution in [0.4, 0.5) is 0 Å². The van der Waals surface area contributed by atoms with E-state index in [9.17, 15) is 0 Å².